The number of alkyl carbamates (subject to hydrolysis) is 1. The minimum absolute atomic E-state index is 0.206. The number of hydrogen-bond donors (Lipinski definition) is 1. The van der Waals surface area contributed by atoms with Crippen molar-refractivity contribution in [3.63, 3.8) is 0 Å². The molecule has 0 aliphatic heterocycles. The molecule has 6 nitrogen and oxygen atoms in total. The molecule has 0 saturated carbocycles. The summed E-state index contributed by atoms with van der Waals surface area (Å²) in [6, 6.07) is 19.7. The predicted octanol–water partition coefficient (Wildman–Crippen LogP) is 4.31. The molecule has 1 aromatic heterocycles. The van der Waals surface area contributed by atoms with Crippen molar-refractivity contribution in [2.45, 2.75) is 12.5 Å². The first-order valence-electron chi connectivity index (χ1n) is 9.38. The lowest BCUT2D eigenvalue weighted by Gasteiger charge is -2.21. The number of benzene rings is 2. The van der Waals surface area contributed by atoms with Crippen LogP contribution in [0.1, 0.15) is 17.3 Å². The molecular weight excluding hydrogens is 368 g/mol. The molecule has 3 rings (SSSR count). The van der Waals surface area contributed by atoms with Crippen LogP contribution in [0.15, 0.2) is 66.9 Å². The third-order valence-corrected chi connectivity index (χ3v) is 4.72. The van der Waals surface area contributed by atoms with Crippen LogP contribution in [0.25, 0.3) is 11.1 Å². The number of nitrogens with zero attached hydrogens (tertiary/aromatic N) is 1. The maximum atomic E-state index is 12.0. The maximum absolute atomic E-state index is 12.0. The average molecular weight is 394 g/mol. The van der Waals surface area contributed by atoms with Crippen molar-refractivity contribution in [3.05, 3.63) is 78.1 Å². The van der Waals surface area contributed by atoms with E-state index >= 15 is 0 Å². The summed E-state index contributed by atoms with van der Waals surface area (Å²) in [4.78, 5) is 12.0. The maximum Gasteiger partial charge on any atom is 0.407 e. The van der Waals surface area contributed by atoms with E-state index in [1.165, 1.54) is 7.11 Å². The van der Waals surface area contributed by atoms with Gasteiger partial charge < -0.3 is 24.1 Å². The highest BCUT2D eigenvalue weighted by atomic mass is 16.7. The fourth-order valence-corrected chi connectivity index (χ4v) is 3.34. The Kier molecular flexibility index (Phi) is 6.92. The molecule has 3 aromatic rings. The van der Waals surface area contributed by atoms with Crippen LogP contribution in [0, 0.1) is 0 Å². The van der Waals surface area contributed by atoms with Gasteiger partial charge in [0.25, 0.3) is 0 Å². The largest absolute Gasteiger partial charge is 0.468 e. The van der Waals surface area contributed by atoms with Gasteiger partial charge in [0, 0.05) is 31.6 Å². The van der Waals surface area contributed by atoms with Crippen molar-refractivity contribution >= 4 is 6.09 Å². The highest BCUT2D eigenvalue weighted by Crippen LogP contribution is 2.32. The van der Waals surface area contributed by atoms with E-state index in [4.69, 9.17) is 14.2 Å². The second kappa shape index (κ2) is 9.80. The Labute approximate surface area is 171 Å². The van der Waals surface area contributed by atoms with E-state index in [1.54, 1.807) is 7.11 Å². The number of aromatic nitrogens is 1. The molecule has 0 fully saturated rings. The minimum atomic E-state index is -0.457. The molecule has 0 aliphatic carbocycles. The summed E-state index contributed by atoms with van der Waals surface area (Å²) in [5.41, 5.74) is 4.22. The number of amides is 1. The molecule has 152 valence electrons. The van der Waals surface area contributed by atoms with Crippen LogP contribution < -0.4 is 10.1 Å². The fraction of sp³-hybridized carbons (Fsp3) is 0.261. The van der Waals surface area contributed by atoms with Gasteiger partial charge in [-0.3, -0.25) is 0 Å². The number of rotatable bonds is 8. The lowest BCUT2D eigenvalue weighted by molar-refractivity contribution is 0.0511. The van der Waals surface area contributed by atoms with Crippen LogP contribution in [0.3, 0.4) is 0 Å². The normalized spacial score (nSPS) is 11.7. The van der Waals surface area contributed by atoms with Crippen LogP contribution in [-0.4, -0.2) is 31.7 Å². The number of ether oxygens (including phenoxy) is 3. The van der Waals surface area contributed by atoms with Gasteiger partial charge in [-0.05, 0) is 35.7 Å². The van der Waals surface area contributed by atoms with Gasteiger partial charge >= 0.3 is 6.09 Å². The van der Waals surface area contributed by atoms with Gasteiger partial charge in [-0.2, -0.15) is 0 Å². The molecular formula is C23H26N2O4. The average Bonchev–Trinajstić information content (AvgIpc) is 3.14. The van der Waals surface area contributed by atoms with Crippen molar-refractivity contribution in [1.29, 1.82) is 0 Å². The molecule has 1 atom stereocenters. The molecule has 0 aliphatic rings. The number of hydrogen-bond acceptors (Lipinski definition) is 4. The van der Waals surface area contributed by atoms with E-state index in [0.29, 0.717) is 6.42 Å². The van der Waals surface area contributed by atoms with E-state index in [-0.39, 0.29) is 12.8 Å². The summed E-state index contributed by atoms with van der Waals surface area (Å²) in [5.74, 6) is 0.738. The molecule has 0 radical (unpaired) electrons. The van der Waals surface area contributed by atoms with Crippen molar-refractivity contribution in [3.8, 4) is 16.9 Å². The van der Waals surface area contributed by atoms with Crippen molar-refractivity contribution in [2.24, 2.45) is 7.05 Å². The Bertz CT molecular complexity index is 920. The van der Waals surface area contributed by atoms with Gasteiger partial charge in [0.05, 0.1) is 13.2 Å². The Morgan fingerprint density at radius 3 is 2.41 bits per heavy atom. The van der Waals surface area contributed by atoms with Gasteiger partial charge in [-0.1, -0.05) is 42.5 Å². The number of carbonyl (C=O) groups is 1. The Morgan fingerprint density at radius 2 is 1.76 bits per heavy atom. The molecule has 0 bridgehead atoms. The summed E-state index contributed by atoms with van der Waals surface area (Å²) in [7, 11) is 4.94. The third-order valence-electron chi connectivity index (χ3n) is 4.72. The smallest absolute Gasteiger partial charge is 0.407 e. The number of methoxy groups -OCH3 is 2. The SMILES string of the molecule is COCOc1ccc(-c2ccn(C)c2C(Cc2ccccc2)NC(=O)OC)cc1. The Morgan fingerprint density at radius 1 is 1.03 bits per heavy atom. The third kappa shape index (κ3) is 5.18. The second-order valence-corrected chi connectivity index (χ2v) is 6.68. The minimum Gasteiger partial charge on any atom is -0.468 e. The monoisotopic (exact) mass is 394 g/mol. The molecule has 29 heavy (non-hydrogen) atoms. The van der Waals surface area contributed by atoms with Crippen molar-refractivity contribution in [2.75, 3.05) is 21.0 Å². The second-order valence-electron chi connectivity index (χ2n) is 6.68. The van der Waals surface area contributed by atoms with E-state index in [0.717, 1.165) is 28.1 Å². The first kappa shape index (κ1) is 20.5. The zero-order valence-corrected chi connectivity index (χ0v) is 16.9. The molecule has 1 amide bonds. The summed E-state index contributed by atoms with van der Waals surface area (Å²) >= 11 is 0. The van der Waals surface area contributed by atoms with Gasteiger partial charge in [0.1, 0.15) is 5.75 Å². The molecule has 0 saturated heterocycles. The number of nitrogens with one attached hydrogen (secondary N) is 1. The highest BCUT2D eigenvalue weighted by Gasteiger charge is 2.22. The molecule has 0 spiro atoms. The Balaban J connectivity index is 1.94. The van der Waals surface area contributed by atoms with Crippen LogP contribution in [0.4, 0.5) is 4.79 Å². The summed E-state index contributed by atoms with van der Waals surface area (Å²) in [6.07, 6.45) is 2.19. The lowest BCUT2D eigenvalue weighted by atomic mass is 9.97. The van der Waals surface area contributed by atoms with Gasteiger partial charge in [0.15, 0.2) is 6.79 Å². The predicted molar refractivity (Wildman–Crippen MR) is 112 cm³/mol. The van der Waals surface area contributed by atoms with E-state index in [9.17, 15) is 4.79 Å². The lowest BCUT2D eigenvalue weighted by Crippen LogP contribution is -2.31. The summed E-state index contributed by atoms with van der Waals surface area (Å²) in [6.45, 7) is 0.206. The molecule has 1 heterocycles. The van der Waals surface area contributed by atoms with E-state index < -0.39 is 6.09 Å². The van der Waals surface area contributed by atoms with Gasteiger partial charge in [-0.15, -0.1) is 0 Å². The summed E-state index contributed by atoms with van der Waals surface area (Å²) < 4.78 is 17.3. The number of carbonyl (C=O) groups excluding carboxylic acids is 1. The quantitative estimate of drug-likeness (QED) is 0.578. The van der Waals surface area contributed by atoms with Gasteiger partial charge in [0.2, 0.25) is 0 Å². The first-order valence-corrected chi connectivity index (χ1v) is 9.38. The topological polar surface area (TPSA) is 61.7 Å². The van der Waals surface area contributed by atoms with Crippen LogP contribution in [-0.2, 0) is 22.9 Å². The molecule has 2 aromatic carbocycles. The molecule has 1 N–H and O–H groups in total. The molecule has 1 unspecified atom stereocenters. The Hall–Kier alpha value is -3.25. The van der Waals surface area contributed by atoms with E-state index in [2.05, 4.69) is 23.5 Å². The fourth-order valence-electron chi connectivity index (χ4n) is 3.34. The molecule has 6 heteroatoms. The van der Waals surface area contributed by atoms with Crippen LogP contribution >= 0.6 is 0 Å². The zero-order valence-electron chi connectivity index (χ0n) is 16.9. The first-order chi connectivity index (χ1) is 14.1. The summed E-state index contributed by atoms with van der Waals surface area (Å²) in [5, 5.41) is 2.98. The standard InChI is InChI=1S/C23H26N2O4/c1-25-14-13-20(18-9-11-19(12-10-18)29-16-27-2)22(25)21(24-23(26)28-3)15-17-7-5-4-6-8-17/h4-14,21H,15-16H2,1-3H3,(H,24,26). The van der Waals surface area contributed by atoms with Crippen LogP contribution in [0.2, 0.25) is 0 Å². The van der Waals surface area contributed by atoms with Gasteiger partial charge in [-0.25, -0.2) is 4.79 Å². The number of aryl methyl sites for hydroxylation is 1. The highest BCUT2D eigenvalue weighted by molar-refractivity contribution is 5.71. The van der Waals surface area contributed by atoms with E-state index in [1.807, 2.05) is 60.3 Å². The van der Waals surface area contributed by atoms with Crippen molar-refractivity contribution in [1.82, 2.24) is 9.88 Å². The zero-order chi connectivity index (χ0) is 20.6. The van der Waals surface area contributed by atoms with Crippen LogP contribution in [0.5, 0.6) is 5.75 Å². The van der Waals surface area contributed by atoms with Crippen molar-refractivity contribution < 1.29 is 19.0 Å².